The summed E-state index contributed by atoms with van der Waals surface area (Å²) in [5, 5.41) is 11.1. The molecule has 42 heavy (non-hydrogen) atoms. The Hall–Kier alpha value is -3.50. The van der Waals surface area contributed by atoms with Gasteiger partial charge in [-0.05, 0) is 80.7 Å². The second-order valence-corrected chi connectivity index (χ2v) is 13.4. The van der Waals surface area contributed by atoms with Gasteiger partial charge in [0.2, 0.25) is 0 Å². The molecule has 7 rings (SSSR count). The van der Waals surface area contributed by atoms with Crippen LogP contribution < -0.4 is 4.74 Å². The third-order valence-electron chi connectivity index (χ3n) is 10.3. The third-order valence-corrected chi connectivity index (χ3v) is 10.3. The first kappa shape index (κ1) is 27.3. The number of esters is 1. The summed E-state index contributed by atoms with van der Waals surface area (Å²) >= 11 is 0. The summed E-state index contributed by atoms with van der Waals surface area (Å²) in [7, 11) is 0. The van der Waals surface area contributed by atoms with E-state index < -0.39 is 17.1 Å². The van der Waals surface area contributed by atoms with Crippen LogP contribution >= 0.6 is 0 Å². The molecule has 5 aliphatic rings. The van der Waals surface area contributed by atoms with Gasteiger partial charge in [0.1, 0.15) is 11.7 Å². The van der Waals surface area contributed by atoms with Crippen molar-refractivity contribution in [3.8, 4) is 23.3 Å². The Kier molecular flexibility index (Phi) is 6.54. The second kappa shape index (κ2) is 10.1. The van der Waals surface area contributed by atoms with Gasteiger partial charge < -0.3 is 19.5 Å². The van der Waals surface area contributed by atoms with Gasteiger partial charge in [0.15, 0.2) is 11.5 Å². The van der Waals surface area contributed by atoms with Crippen LogP contribution in [0.4, 0.5) is 0 Å². The number of ether oxygens (including phenoxy) is 2. The first-order valence-corrected chi connectivity index (χ1v) is 15.6. The Bertz CT molecular complexity index is 1470. The summed E-state index contributed by atoms with van der Waals surface area (Å²) in [6.45, 7) is 8.15. The van der Waals surface area contributed by atoms with Crippen LogP contribution in [0.5, 0.6) is 11.5 Å². The maximum Gasteiger partial charge on any atom is 0.303 e. The number of rotatable bonds is 6. The van der Waals surface area contributed by atoms with E-state index in [0.717, 1.165) is 42.6 Å². The molecule has 1 saturated heterocycles. The lowest BCUT2D eigenvalue weighted by molar-refractivity contribution is -0.224. The van der Waals surface area contributed by atoms with Gasteiger partial charge in [0, 0.05) is 37.1 Å². The van der Waals surface area contributed by atoms with Crippen molar-refractivity contribution in [2.75, 3.05) is 19.6 Å². The molecule has 2 bridgehead atoms. The minimum Gasteiger partial charge on any atom is -0.504 e. The van der Waals surface area contributed by atoms with Crippen molar-refractivity contribution in [2.24, 2.45) is 11.8 Å². The molecule has 2 saturated carbocycles. The van der Waals surface area contributed by atoms with Crippen LogP contribution in [0.25, 0.3) is 0 Å². The summed E-state index contributed by atoms with van der Waals surface area (Å²) in [6, 6.07) is 13.1. The highest BCUT2D eigenvalue weighted by atomic mass is 16.6. The molecule has 0 radical (unpaired) electrons. The van der Waals surface area contributed by atoms with Crippen molar-refractivity contribution in [1.29, 1.82) is 0 Å². The number of hydrogen-bond donors (Lipinski definition) is 1. The number of piperidine rings is 1. The number of phenols is 1. The van der Waals surface area contributed by atoms with E-state index in [-0.39, 0.29) is 35.6 Å². The molecule has 2 aliphatic heterocycles. The van der Waals surface area contributed by atoms with Gasteiger partial charge in [-0.3, -0.25) is 14.5 Å². The van der Waals surface area contributed by atoms with Crippen LogP contribution in [0.3, 0.4) is 0 Å². The highest BCUT2D eigenvalue weighted by Gasteiger charge is 2.75. The van der Waals surface area contributed by atoms with Crippen molar-refractivity contribution >= 4 is 11.9 Å². The van der Waals surface area contributed by atoms with Gasteiger partial charge in [-0.15, -0.1) is 0 Å². The van der Waals surface area contributed by atoms with E-state index in [1.807, 2.05) is 41.3 Å². The number of nitrogens with zero attached hydrogens (tertiary/aromatic N) is 2. The standard InChI is InChI=1S/C35H40N2O5/c1-22(2)20-37(30(40)14-11-24-7-5-4-6-8-24)27-15-16-35(42-23(3)38)29-19-26-12-13-28(39)32-31(26)34(35,33(27)41-32)17-18-36(29)21-25-9-10-25/h4-8,12-13,22,25,27,29,33,39H,9-10,15-21H2,1-3H3/t27-,29-,33+,34+,35?/m1/s1. The summed E-state index contributed by atoms with van der Waals surface area (Å²) in [5.74, 6) is 7.01. The normalized spacial score (nSPS) is 30.5. The summed E-state index contributed by atoms with van der Waals surface area (Å²) in [6.07, 6.45) is 4.81. The lowest BCUT2D eigenvalue weighted by Gasteiger charge is -2.65. The minimum absolute atomic E-state index is 0.0258. The molecule has 7 nitrogen and oxygen atoms in total. The van der Waals surface area contributed by atoms with Gasteiger partial charge in [-0.1, -0.05) is 44.0 Å². The zero-order valence-electron chi connectivity index (χ0n) is 24.8. The molecule has 2 aromatic rings. The van der Waals surface area contributed by atoms with E-state index in [2.05, 4.69) is 30.6 Å². The number of amides is 1. The van der Waals surface area contributed by atoms with E-state index in [9.17, 15) is 14.7 Å². The molecule has 220 valence electrons. The van der Waals surface area contributed by atoms with Gasteiger partial charge in [0.25, 0.3) is 5.91 Å². The predicted molar refractivity (Wildman–Crippen MR) is 158 cm³/mol. The topological polar surface area (TPSA) is 79.3 Å². The SMILES string of the molecule is CC(=O)OC12CC[C@@H](N(CC(C)C)C(=O)C#Cc3ccccc3)[C@@H]3Oc4c(O)ccc5c4[C@@]31CCN(CC1CC1)[C@@H]2C5. The molecule has 2 heterocycles. The molecule has 7 heteroatoms. The third kappa shape index (κ3) is 4.13. The highest BCUT2D eigenvalue weighted by molar-refractivity contribution is 5.94. The Morgan fingerprint density at radius 3 is 2.64 bits per heavy atom. The van der Waals surface area contributed by atoms with E-state index >= 15 is 0 Å². The lowest BCUT2D eigenvalue weighted by atomic mass is 9.48. The zero-order valence-corrected chi connectivity index (χ0v) is 24.8. The number of likely N-dealkylation sites (tertiary alicyclic amines) is 1. The van der Waals surface area contributed by atoms with E-state index in [1.165, 1.54) is 19.8 Å². The fourth-order valence-corrected chi connectivity index (χ4v) is 8.69. The van der Waals surface area contributed by atoms with Crippen molar-refractivity contribution in [2.45, 2.75) is 88.5 Å². The van der Waals surface area contributed by atoms with Gasteiger partial charge in [-0.25, -0.2) is 0 Å². The van der Waals surface area contributed by atoms with Crippen molar-refractivity contribution < 1.29 is 24.2 Å². The molecule has 0 aromatic heterocycles. The number of hydrogen-bond acceptors (Lipinski definition) is 6. The smallest absolute Gasteiger partial charge is 0.303 e. The maximum absolute atomic E-state index is 13.9. The van der Waals surface area contributed by atoms with E-state index in [0.29, 0.717) is 31.1 Å². The molecule has 1 amide bonds. The van der Waals surface area contributed by atoms with Crippen LogP contribution in [0.15, 0.2) is 42.5 Å². The number of aromatic hydroxyl groups is 1. The van der Waals surface area contributed by atoms with Crippen molar-refractivity contribution in [3.05, 3.63) is 59.2 Å². The average Bonchev–Trinajstić information content (AvgIpc) is 3.71. The molecular weight excluding hydrogens is 528 g/mol. The molecule has 3 aliphatic carbocycles. The fourth-order valence-electron chi connectivity index (χ4n) is 8.69. The van der Waals surface area contributed by atoms with Gasteiger partial charge in [-0.2, -0.15) is 0 Å². The molecule has 2 aromatic carbocycles. The lowest BCUT2D eigenvalue weighted by Crippen LogP contribution is -2.79. The molecule has 5 atom stereocenters. The monoisotopic (exact) mass is 568 g/mol. The van der Waals surface area contributed by atoms with Crippen molar-refractivity contribution in [1.82, 2.24) is 9.80 Å². The second-order valence-electron chi connectivity index (χ2n) is 13.4. The summed E-state index contributed by atoms with van der Waals surface area (Å²) < 4.78 is 13.4. The Morgan fingerprint density at radius 1 is 1.14 bits per heavy atom. The van der Waals surface area contributed by atoms with E-state index in [4.69, 9.17) is 9.47 Å². The Balaban J connectivity index is 1.35. The number of benzene rings is 2. The predicted octanol–water partition coefficient (Wildman–Crippen LogP) is 4.43. The molecule has 1 N–H and O–H groups in total. The Labute approximate surface area is 248 Å². The molecule has 3 fully saturated rings. The molecular formula is C35H40N2O5. The summed E-state index contributed by atoms with van der Waals surface area (Å²) in [5.41, 5.74) is 1.50. The minimum atomic E-state index is -0.790. The van der Waals surface area contributed by atoms with Crippen LogP contribution in [-0.2, 0) is 26.2 Å². The molecule has 1 unspecified atom stereocenters. The van der Waals surface area contributed by atoms with Crippen LogP contribution in [0, 0.1) is 23.7 Å². The van der Waals surface area contributed by atoms with E-state index in [1.54, 1.807) is 6.07 Å². The average molecular weight is 569 g/mol. The Morgan fingerprint density at radius 2 is 1.93 bits per heavy atom. The maximum atomic E-state index is 13.9. The van der Waals surface area contributed by atoms with Crippen LogP contribution in [-0.4, -0.2) is 70.2 Å². The number of carbonyl (C=O) groups excluding carboxylic acids is 2. The quantitative estimate of drug-likeness (QED) is 0.410. The summed E-state index contributed by atoms with van der Waals surface area (Å²) in [4.78, 5) is 31.3. The highest BCUT2D eigenvalue weighted by Crippen LogP contribution is 2.67. The van der Waals surface area contributed by atoms with Gasteiger partial charge in [0.05, 0.1) is 17.5 Å². The first-order chi connectivity index (χ1) is 20.2. The number of phenolic OH excluding ortho intramolecular Hbond substituents is 1. The van der Waals surface area contributed by atoms with Crippen LogP contribution in [0.1, 0.15) is 69.6 Å². The van der Waals surface area contributed by atoms with Gasteiger partial charge >= 0.3 is 5.97 Å². The largest absolute Gasteiger partial charge is 0.504 e. The zero-order chi connectivity index (χ0) is 29.2. The van der Waals surface area contributed by atoms with Crippen molar-refractivity contribution in [3.63, 3.8) is 0 Å². The fraction of sp³-hybridized carbons (Fsp3) is 0.543. The molecule has 1 spiro atoms. The van der Waals surface area contributed by atoms with Crippen LogP contribution in [0.2, 0.25) is 0 Å². The number of carbonyl (C=O) groups is 2. The first-order valence-electron chi connectivity index (χ1n) is 15.6.